The van der Waals surface area contributed by atoms with Gasteiger partial charge in [0.25, 0.3) is 5.91 Å². The Hall–Kier alpha value is -4.66. The highest BCUT2D eigenvalue weighted by atomic mass is 16.5. The molecular formula is C28H27NO8. The van der Waals surface area contributed by atoms with Crippen LogP contribution in [0.25, 0.3) is 11.0 Å². The summed E-state index contributed by atoms with van der Waals surface area (Å²) in [4.78, 5) is 26.4. The minimum atomic E-state index is -0.378. The predicted molar refractivity (Wildman–Crippen MR) is 138 cm³/mol. The first-order valence-corrected chi connectivity index (χ1v) is 11.3. The molecule has 0 aliphatic carbocycles. The summed E-state index contributed by atoms with van der Waals surface area (Å²) in [6.45, 7) is 1.79. The molecular weight excluding hydrogens is 478 g/mol. The molecule has 4 rings (SSSR count). The first-order chi connectivity index (χ1) is 17.8. The number of hydrogen-bond donors (Lipinski definition) is 1. The standard InChI is InChI=1S/C28H27NO8/c1-15-19-13-17(29-28(31)16-11-23(34-4)27(36-6)24(12-16)35-5)7-9-22(19)37-26(15)25(30)20-14-18(32-2)8-10-21(20)33-3/h7-14H,1-6H3,(H,29,31). The highest BCUT2D eigenvalue weighted by molar-refractivity contribution is 6.13. The van der Waals surface area contributed by atoms with Crippen LogP contribution in [0.2, 0.25) is 0 Å². The fourth-order valence-electron chi connectivity index (χ4n) is 4.04. The average molecular weight is 506 g/mol. The van der Waals surface area contributed by atoms with Crippen molar-refractivity contribution in [1.82, 2.24) is 0 Å². The van der Waals surface area contributed by atoms with Crippen molar-refractivity contribution in [3.63, 3.8) is 0 Å². The molecule has 4 aromatic rings. The lowest BCUT2D eigenvalue weighted by Crippen LogP contribution is -2.12. The Balaban J connectivity index is 1.66. The van der Waals surface area contributed by atoms with Gasteiger partial charge in [0, 0.05) is 22.2 Å². The zero-order valence-corrected chi connectivity index (χ0v) is 21.4. The molecule has 0 aliphatic rings. The van der Waals surface area contributed by atoms with E-state index in [2.05, 4.69) is 5.32 Å². The normalized spacial score (nSPS) is 10.6. The number of ether oxygens (including phenoxy) is 5. The summed E-state index contributed by atoms with van der Waals surface area (Å²) in [6.07, 6.45) is 0. The molecule has 1 N–H and O–H groups in total. The zero-order chi connectivity index (χ0) is 26.7. The molecule has 1 aromatic heterocycles. The molecule has 0 fully saturated rings. The van der Waals surface area contributed by atoms with Gasteiger partial charge in [0.15, 0.2) is 17.3 Å². The van der Waals surface area contributed by atoms with Crippen LogP contribution in [0, 0.1) is 6.92 Å². The van der Waals surface area contributed by atoms with E-state index < -0.39 is 0 Å². The van der Waals surface area contributed by atoms with Gasteiger partial charge in [0.1, 0.15) is 17.1 Å². The van der Waals surface area contributed by atoms with Crippen molar-refractivity contribution in [2.24, 2.45) is 0 Å². The number of anilines is 1. The number of hydrogen-bond acceptors (Lipinski definition) is 8. The summed E-state index contributed by atoms with van der Waals surface area (Å²) < 4.78 is 32.5. The van der Waals surface area contributed by atoms with Crippen molar-refractivity contribution in [1.29, 1.82) is 0 Å². The Bertz CT molecular complexity index is 1460. The molecule has 0 spiro atoms. The number of ketones is 1. The third-order valence-corrected chi connectivity index (χ3v) is 5.98. The predicted octanol–water partition coefficient (Wildman–Crippen LogP) is 5.27. The lowest BCUT2D eigenvalue weighted by atomic mass is 10.0. The second kappa shape index (κ2) is 10.5. The minimum absolute atomic E-state index is 0.176. The van der Waals surface area contributed by atoms with Crippen molar-refractivity contribution in [2.45, 2.75) is 6.92 Å². The highest BCUT2D eigenvalue weighted by Gasteiger charge is 2.24. The van der Waals surface area contributed by atoms with Crippen molar-refractivity contribution < 1.29 is 37.7 Å². The number of aryl methyl sites for hydroxylation is 1. The summed E-state index contributed by atoms with van der Waals surface area (Å²) >= 11 is 0. The highest BCUT2D eigenvalue weighted by Crippen LogP contribution is 2.38. The van der Waals surface area contributed by atoms with Crippen LogP contribution in [0.4, 0.5) is 5.69 Å². The Morgan fingerprint density at radius 1 is 0.757 bits per heavy atom. The van der Waals surface area contributed by atoms with Gasteiger partial charge in [-0.3, -0.25) is 9.59 Å². The Kier molecular flexibility index (Phi) is 7.24. The molecule has 192 valence electrons. The van der Waals surface area contributed by atoms with Crippen LogP contribution in [0.5, 0.6) is 28.7 Å². The maximum absolute atomic E-state index is 13.4. The lowest BCUT2D eigenvalue weighted by Gasteiger charge is -2.14. The summed E-state index contributed by atoms with van der Waals surface area (Å²) in [5.41, 5.74) is 2.30. The van der Waals surface area contributed by atoms with Crippen LogP contribution < -0.4 is 29.0 Å². The van der Waals surface area contributed by atoms with E-state index in [1.807, 2.05) is 0 Å². The topological polar surface area (TPSA) is 105 Å². The van der Waals surface area contributed by atoms with Crippen molar-refractivity contribution in [3.8, 4) is 28.7 Å². The monoisotopic (exact) mass is 505 g/mol. The first kappa shape index (κ1) is 25.4. The molecule has 0 atom stereocenters. The smallest absolute Gasteiger partial charge is 0.255 e. The fourth-order valence-corrected chi connectivity index (χ4v) is 4.04. The Morgan fingerprint density at radius 2 is 1.43 bits per heavy atom. The minimum Gasteiger partial charge on any atom is -0.497 e. The molecule has 1 amide bonds. The maximum Gasteiger partial charge on any atom is 0.255 e. The lowest BCUT2D eigenvalue weighted by molar-refractivity contribution is 0.100. The molecule has 0 saturated heterocycles. The number of carbonyl (C=O) groups is 2. The van der Waals surface area contributed by atoms with Crippen LogP contribution >= 0.6 is 0 Å². The number of carbonyl (C=O) groups excluding carboxylic acids is 2. The SMILES string of the molecule is COc1ccc(OC)c(C(=O)c2oc3ccc(NC(=O)c4cc(OC)c(OC)c(OC)c4)cc3c2C)c1. The molecule has 0 radical (unpaired) electrons. The number of benzene rings is 3. The Morgan fingerprint density at radius 3 is 2.03 bits per heavy atom. The van der Waals surface area contributed by atoms with Crippen LogP contribution in [0.1, 0.15) is 32.0 Å². The average Bonchev–Trinajstić information content (AvgIpc) is 3.26. The first-order valence-electron chi connectivity index (χ1n) is 11.3. The van der Waals surface area contributed by atoms with Crippen LogP contribution in [0.3, 0.4) is 0 Å². The summed E-state index contributed by atoms with van der Waals surface area (Å²) in [5, 5.41) is 3.56. The van der Waals surface area contributed by atoms with Gasteiger partial charge in [0.05, 0.1) is 41.1 Å². The molecule has 3 aromatic carbocycles. The maximum atomic E-state index is 13.4. The van der Waals surface area contributed by atoms with Gasteiger partial charge in [-0.05, 0) is 55.5 Å². The zero-order valence-electron chi connectivity index (χ0n) is 21.4. The number of furan rings is 1. The molecule has 0 saturated carbocycles. The van der Waals surface area contributed by atoms with Gasteiger partial charge in [-0.15, -0.1) is 0 Å². The van der Waals surface area contributed by atoms with Gasteiger partial charge >= 0.3 is 0 Å². The third-order valence-electron chi connectivity index (χ3n) is 5.98. The number of rotatable bonds is 9. The van der Waals surface area contributed by atoms with E-state index in [1.165, 1.54) is 35.5 Å². The molecule has 9 nitrogen and oxygen atoms in total. The van der Waals surface area contributed by atoms with Crippen LogP contribution in [-0.2, 0) is 0 Å². The van der Waals surface area contributed by atoms with E-state index in [4.69, 9.17) is 28.1 Å². The van der Waals surface area contributed by atoms with E-state index in [1.54, 1.807) is 55.5 Å². The molecule has 1 heterocycles. The molecule has 0 aliphatic heterocycles. The second-order valence-corrected chi connectivity index (χ2v) is 8.03. The number of amides is 1. The summed E-state index contributed by atoms with van der Waals surface area (Å²) in [5.74, 6) is 1.51. The van der Waals surface area contributed by atoms with Crippen molar-refractivity contribution >= 4 is 28.3 Å². The second-order valence-electron chi connectivity index (χ2n) is 8.03. The van der Waals surface area contributed by atoms with E-state index in [0.29, 0.717) is 62.1 Å². The largest absolute Gasteiger partial charge is 0.497 e. The van der Waals surface area contributed by atoms with Gasteiger partial charge in [0.2, 0.25) is 11.5 Å². The quantitative estimate of drug-likeness (QED) is 0.307. The van der Waals surface area contributed by atoms with Gasteiger partial charge in [-0.25, -0.2) is 0 Å². The van der Waals surface area contributed by atoms with Crippen molar-refractivity contribution in [2.75, 3.05) is 40.9 Å². The van der Waals surface area contributed by atoms with E-state index in [0.717, 1.165) is 0 Å². The van der Waals surface area contributed by atoms with Crippen molar-refractivity contribution in [3.05, 3.63) is 71.0 Å². The molecule has 37 heavy (non-hydrogen) atoms. The molecule has 9 heteroatoms. The van der Waals surface area contributed by atoms with E-state index in [9.17, 15) is 9.59 Å². The summed E-state index contributed by atoms with van der Waals surface area (Å²) in [6, 6.07) is 13.3. The third kappa shape index (κ3) is 4.75. The molecule has 0 unspecified atom stereocenters. The number of fused-ring (bicyclic) bond motifs is 1. The summed E-state index contributed by atoms with van der Waals surface area (Å²) in [7, 11) is 7.47. The van der Waals surface area contributed by atoms with Gasteiger partial charge in [-0.1, -0.05) is 0 Å². The Labute approximate surface area is 213 Å². The number of methoxy groups -OCH3 is 5. The number of nitrogens with one attached hydrogen (secondary N) is 1. The van der Waals surface area contributed by atoms with Crippen LogP contribution in [-0.4, -0.2) is 47.2 Å². The van der Waals surface area contributed by atoms with Gasteiger partial charge < -0.3 is 33.4 Å². The fraction of sp³-hybridized carbons (Fsp3) is 0.214. The van der Waals surface area contributed by atoms with E-state index in [-0.39, 0.29) is 17.5 Å². The van der Waals surface area contributed by atoms with Crippen LogP contribution in [0.15, 0.2) is 52.9 Å². The molecule has 0 bridgehead atoms. The van der Waals surface area contributed by atoms with E-state index >= 15 is 0 Å². The van der Waals surface area contributed by atoms with Gasteiger partial charge in [-0.2, -0.15) is 0 Å².